The van der Waals surface area contributed by atoms with Crippen molar-refractivity contribution >= 4 is 11.9 Å². The molecule has 0 spiro atoms. The molecule has 0 aliphatic heterocycles. The molecule has 0 aliphatic rings. The van der Waals surface area contributed by atoms with E-state index < -0.39 is 24.1 Å². The van der Waals surface area contributed by atoms with Crippen molar-refractivity contribution in [3.63, 3.8) is 0 Å². The van der Waals surface area contributed by atoms with Crippen molar-refractivity contribution < 1.29 is 27.9 Å². The maximum Gasteiger partial charge on any atom is 0.471 e. The summed E-state index contributed by atoms with van der Waals surface area (Å²) in [6.07, 6.45) is -5.32. The van der Waals surface area contributed by atoms with E-state index in [9.17, 15) is 22.8 Å². The Bertz CT molecular complexity index is 285. The largest absolute Gasteiger partial charge is 0.480 e. The Morgan fingerprint density at radius 2 is 1.93 bits per heavy atom. The van der Waals surface area contributed by atoms with Gasteiger partial charge in [0.05, 0.1) is 0 Å². The lowest BCUT2D eigenvalue weighted by molar-refractivity contribution is -0.175. The Balaban J connectivity index is 4.50. The number of carbonyl (C=O) groups excluding carboxylic acids is 1. The standard InChI is InChI=1S/C8H10F3NO3/c1-4(2)3-5(6(13)14)12-7(15)8(9,10)11/h5H,1,3H2,2H3,(H,12,15)(H,13,14)/t5-/m0/s1. The van der Waals surface area contributed by atoms with Gasteiger partial charge in [-0.15, -0.1) is 6.58 Å². The van der Waals surface area contributed by atoms with Crippen molar-refractivity contribution in [1.29, 1.82) is 0 Å². The highest BCUT2D eigenvalue weighted by Crippen LogP contribution is 2.15. The Morgan fingerprint density at radius 3 is 2.20 bits per heavy atom. The maximum atomic E-state index is 11.8. The lowest BCUT2D eigenvalue weighted by Gasteiger charge is -2.15. The van der Waals surface area contributed by atoms with Crippen LogP contribution in [0.4, 0.5) is 13.2 Å². The Hall–Kier alpha value is -1.53. The van der Waals surface area contributed by atoms with E-state index in [4.69, 9.17) is 5.11 Å². The van der Waals surface area contributed by atoms with Crippen molar-refractivity contribution in [1.82, 2.24) is 5.32 Å². The fourth-order valence-corrected chi connectivity index (χ4v) is 0.789. The van der Waals surface area contributed by atoms with Crippen LogP contribution in [0.15, 0.2) is 12.2 Å². The summed E-state index contributed by atoms with van der Waals surface area (Å²) in [5.41, 5.74) is 0.366. The smallest absolute Gasteiger partial charge is 0.471 e. The molecule has 1 atom stereocenters. The van der Waals surface area contributed by atoms with Crippen LogP contribution in [0.25, 0.3) is 0 Å². The number of aliphatic carboxylic acids is 1. The van der Waals surface area contributed by atoms with Gasteiger partial charge in [0, 0.05) is 0 Å². The van der Waals surface area contributed by atoms with E-state index in [1.54, 1.807) is 0 Å². The number of nitrogens with one attached hydrogen (secondary N) is 1. The van der Waals surface area contributed by atoms with E-state index in [-0.39, 0.29) is 6.42 Å². The van der Waals surface area contributed by atoms with Crippen molar-refractivity contribution in [2.45, 2.75) is 25.6 Å². The fraction of sp³-hybridized carbons (Fsp3) is 0.500. The SMILES string of the molecule is C=C(C)C[C@H](NC(=O)C(F)(F)F)C(=O)O. The molecule has 0 saturated carbocycles. The van der Waals surface area contributed by atoms with E-state index in [1.165, 1.54) is 12.2 Å². The van der Waals surface area contributed by atoms with Crippen molar-refractivity contribution in [3.05, 3.63) is 12.2 Å². The zero-order valence-electron chi connectivity index (χ0n) is 7.89. The predicted molar refractivity (Wildman–Crippen MR) is 45.1 cm³/mol. The molecule has 7 heteroatoms. The summed E-state index contributed by atoms with van der Waals surface area (Å²) in [5, 5.41) is 9.88. The fourth-order valence-electron chi connectivity index (χ4n) is 0.789. The van der Waals surface area contributed by atoms with E-state index in [0.29, 0.717) is 5.57 Å². The second-order valence-corrected chi connectivity index (χ2v) is 3.02. The van der Waals surface area contributed by atoms with Crippen LogP contribution in [0.1, 0.15) is 13.3 Å². The Labute approximate surface area is 83.8 Å². The third-order valence-corrected chi connectivity index (χ3v) is 1.41. The summed E-state index contributed by atoms with van der Waals surface area (Å²) in [6, 6.07) is -1.60. The first-order valence-corrected chi connectivity index (χ1v) is 3.89. The molecule has 86 valence electrons. The summed E-state index contributed by atoms with van der Waals surface area (Å²) in [6.45, 7) is 4.80. The van der Waals surface area contributed by atoms with Gasteiger partial charge in [0.25, 0.3) is 0 Å². The molecule has 0 aromatic rings. The third kappa shape index (κ3) is 5.04. The van der Waals surface area contributed by atoms with Crippen molar-refractivity contribution in [2.75, 3.05) is 0 Å². The quantitative estimate of drug-likeness (QED) is 0.703. The summed E-state index contributed by atoms with van der Waals surface area (Å²) in [7, 11) is 0. The molecular weight excluding hydrogens is 215 g/mol. The van der Waals surface area contributed by atoms with Crippen molar-refractivity contribution in [3.8, 4) is 0 Å². The second-order valence-electron chi connectivity index (χ2n) is 3.02. The molecule has 0 unspecified atom stereocenters. The molecule has 15 heavy (non-hydrogen) atoms. The summed E-state index contributed by atoms with van der Waals surface area (Å²) in [5.74, 6) is -3.80. The first-order chi connectivity index (χ1) is 6.64. The van der Waals surface area contributed by atoms with E-state index >= 15 is 0 Å². The number of carbonyl (C=O) groups is 2. The molecule has 0 saturated heterocycles. The normalized spacial score (nSPS) is 13.1. The Kier molecular flexibility index (Phi) is 4.32. The molecular formula is C8H10F3NO3. The minimum absolute atomic E-state index is 0.239. The lowest BCUT2D eigenvalue weighted by atomic mass is 10.1. The van der Waals surface area contributed by atoms with Gasteiger partial charge < -0.3 is 10.4 Å². The van der Waals surface area contributed by atoms with Crippen LogP contribution in [0.5, 0.6) is 0 Å². The molecule has 4 nitrogen and oxygen atoms in total. The van der Waals surface area contributed by atoms with Crippen LogP contribution >= 0.6 is 0 Å². The van der Waals surface area contributed by atoms with Crippen molar-refractivity contribution in [2.24, 2.45) is 0 Å². The molecule has 2 N–H and O–H groups in total. The molecule has 0 aromatic heterocycles. The molecule has 0 rings (SSSR count). The minimum Gasteiger partial charge on any atom is -0.480 e. The zero-order valence-corrected chi connectivity index (χ0v) is 7.89. The first kappa shape index (κ1) is 13.5. The van der Waals surface area contributed by atoms with Gasteiger partial charge >= 0.3 is 18.1 Å². The summed E-state index contributed by atoms with van der Waals surface area (Å²) >= 11 is 0. The number of hydrogen-bond acceptors (Lipinski definition) is 2. The van der Waals surface area contributed by atoms with Gasteiger partial charge in [0.2, 0.25) is 0 Å². The number of carboxylic acids is 1. The van der Waals surface area contributed by atoms with Gasteiger partial charge in [-0.25, -0.2) is 4.79 Å². The molecule has 0 fully saturated rings. The number of amides is 1. The average molecular weight is 225 g/mol. The lowest BCUT2D eigenvalue weighted by Crippen LogP contribution is -2.46. The summed E-state index contributed by atoms with van der Waals surface area (Å²) < 4.78 is 35.3. The predicted octanol–water partition coefficient (Wildman–Crippen LogP) is 1.08. The molecule has 0 heterocycles. The molecule has 1 amide bonds. The highest BCUT2D eigenvalue weighted by molar-refractivity contribution is 5.87. The highest BCUT2D eigenvalue weighted by Gasteiger charge is 2.40. The first-order valence-electron chi connectivity index (χ1n) is 3.89. The number of carboxylic acid groups (broad SMARTS) is 1. The van der Waals surface area contributed by atoms with Gasteiger partial charge in [-0.2, -0.15) is 13.2 Å². The van der Waals surface area contributed by atoms with Gasteiger partial charge in [-0.1, -0.05) is 5.57 Å². The highest BCUT2D eigenvalue weighted by atomic mass is 19.4. The van der Waals surface area contributed by atoms with Gasteiger partial charge in [-0.3, -0.25) is 4.79 Å². The zero-order chi connectivity index (χ0) is 12.2. The number of halogens is 3. The maximum absolute atomic E-state index is 11.8. The second kappa shape index (κ2) is 4.81. The number of hydrogen-bond donors (Lipinski definition) is 2. The van der Waals surface area contributed by atoms with Crippen LogP contribution in [-0.2, 0) is 9.59 Å². The summed E-state index contributed by atoms with van der Waals surface area (Å²) in [4.78, 5) is 20.9. The molecule has 0 bridgehead atoms. The van der Waals surface area contributed by atoms with Crippen LogP contribution < -0.4 is 5.32 Å². The van der Waals surface area contributed by atoms with Gasteiger partial charge in [-0.05, 0) is 13.3 Å². The average Bonchev–Trinajstić information content (AvgIpc) is 1.99. The van der Waals surface area contributed by atoms with Crippen LogP contribution in [0.2, 0.25) is 0 Å². The van der Waals surface area contributed by atoms with Crippen LogP contribution in [-0.4, -0.2) is 29.2 Å². The van der Waals surface area contributed by atoms with E-state index in [1.807, 2.05) is 0 Å². The van der Waals surface area contributed by atoms with Crippen LogP contribution in [0, 0.1) is 0 Å². The molecule has 0 radical (unpaired) electrons. The van der Waals surface area contributed by atoms with Gasteiger partial charge in [0.15, 0.2) is 0 Å². The topological polar surface area (TPSA) is 66.4 Å². The minimum atomic E-state index is -5.08. The number of alkyl halides is 3. The van der Waals surface area contributed by atoms with Crippen LogP contribution in [0.3, 0.4) is 0 Å². The Morgan fingerprint density at radius 1 is 1.47 bits per heavy atom. The molecule has 0 aromatic carbocycles. The third-order valence-electron chi connectivity index (χ3n) is 1.41. The van der Waals surface area contributed by atoms with E-state index in [0.717, 1.165) is 0 Å². The monoisotopic (exact) mass is 225 g/mol. The van der Waals surface area contributed by atoms with E-state index in [2.05, 4.69) is 6.58 Å². The number of rotatable bonds is 4. The molecule has 0 aliphatic carbocycles. The van der Waals surface area contributed by atoms with Gasteiger partial charge in [0.1, 0.15) is 6.04 Å².